The van der Waals surface area contributed by atoms with Crippen molar-refractivity contribution in [2.75, 3.05) is 37.7 Å². The summed E-state index contributed by atoms with van der Waals surface area (Å²) in [5.41, 5.74) is 1.87. The summed E-state index contributed by atoms with van der Waals surface area (Å²) in [7, 11) is 0. The highest BCUT2D eigenvalue weighted by atomic mass is 16.5. The minimum absolute atomic E-state index is 0.231. The molecule has 0 aliphatic carbocycles. The summed E-state index contributed by atoms with van der Waals surface area (Å²) in [5, 5.41) is 14.0. The summed E-state index contributed by atoms with van der Waals surface area (Å²) in [4.78, 5) is 2.36. The third-order valence-electron chi connectivity index (χ3n) is 4.82. The zero-order chi connectivity index (χ0) is 17.6. The summed E-state index contributed by atoms with van der Waals surface area (Å²) in [5.74, 6) is 0.627. The van der Waals surface area contributed by atoms with E-state index in [2.05, 4.69) is 55.3 Å². The van der Waals surface area contributed by atoms with Crippen molar-refractivity contribution in [1.29, 1.82) is 0 Å². The minimum atomic E-state index is -0.647. The maximum Gasteiger partial charge on any atom is 0.0743 e. The number of anilines is 1. The molecule has 0 aromatic heterocycles. The van der Waals surface area contributed by atoms with Crippen LogP contribution in [0.1, 0.15) is 52.1 Å². The van der Waals surface area contributed by atoms with Crippen LogP contribution in [0.3, 0.4) is 0 Å². The molecule has 1 fully saturated rings. The van der Waals surface area contributed by atoms with Gasteiger partial charge in [-0.25, -0.2) is 0 Å². The largest absolute Gasteiger partial charge is 0.389 e. The van der Waals surface area contributed by atoms with Crippen molar-refractivity contribution in [3.63, 3.8) is 0 Å². The van der Waals surface area contributed by atoms with Gasteiger partial charge in [0.2, 0.25) is 0 Å². The molecule has 1 aliphatic heterocycles. The van der Waals surface area contributed by atoms with E-state index in [1.54, 1.807) is 0 Å². The van der Waals surface area contributed by atoms with Gasteiger partial charge in [-0.15, -0.1) is 0 Å². The summed E-state index contributed by atoms with van der Waals surface area (Å²) in [6.45, 7) is 12.6. The molecule has 2 unspecified atom stereocenters. The number of nitrogens with one attached hydrogen (secondary N) is 1. The number of morpholine rings is 1. The SMILES string of the molecule is CC(C)CCC(C)(O)CNC(C)c1ccc(N2CCOCC2)cc1. The molecule has 2 N–H and O–H groups in total. The van der Waals surface area contributed by atoms with Crippen molar-refractivity contribution in [1.82, 2.24) is 5.32 Å². The molecule has 2 atom stereocenters. The number of hydrogen-bond donors (Lipinski definition) is 2. The van der Waals surface area contributed by atoms with Crippen molar-refractivity contribution in [2.24, 2.45) is 5.92 Å². The molecule has 0 radical (unpaired) electrons. The lowest BCUT2D eigenvalue weighted by Gasteiger charge is -2.29. The maximum absolute atomic E-state index is 10.5. The second-order valence-electron chi connectivity index (χ2n) is 7.72. The van der Waals surface area contributed by atoms with E-state index in [0.29, 0.717) is 12.5 Å². The Kier molecular flexibility index (Phi) is 7.08. The van der Waals surface area contributed by atoms with Gasteiger partial charge in [-0.2, -0.15) is 0 Å². The van der Waals surface area contributed by atoms with Crippen LogP contribution in [0.5, 0.6) is 0 Å². The number of benzene rings is 1. The Morgan fingerprint density at radius 3 is 2.38 bits per heavy atom. The molecule has 24 heavy (non-hydrogen) atoms. The maximum atomic E-state index is 10.5. The second-order valence-corrected chi connectivity index (χ2v) is 7.72. The molecule has 0 spiro atoms. The van der Waals surface area contributed by atoms with Gasteiger partial charge in [-0.1, -0.05) is 26.0 Å². The Hall–Kier alpha value is -1.10. The number of ether oxygens (including phenoxy) is 1. The van der Waals surface area contributed by atoms with Gasteiger partial charge < -0.3 is 20.1 Å². The Morgan fingerprint density at radius 2 is 1.79 bits per heavy atom. The van der Waals surface area contributed by atoms with E-state index in [1.165, 1.54) is 11.3 Å². The highest BCUT2D eigenvalue weighted by Crippen LogP contribution is 2.21. The topological polar surface area (TPSA) is 44.7 Å². The summed E-state index contributed by atoms with van der Waals surface area (Å²) in [6.07, 6.45) is 1.89. The minimum Gasteiger partial charge on any atom is -0.389 e. The van der Waals surface area contributed by atoms with Gasteiger partial charge in [0.15, 0.2) is 0 Å². The Bertz CT molecular complexity index is 479. The Morgan fingerprint density at radius 1 is 1.17 bits per heavy atom. The number of aliphatic hydroxyl groups is 1. The average Bonchev–Trinajstić information content (AvgIpc) is 2.59. The van der Waals surface area contributed by atoms with Crippen molar-refractivity contribution in [3.05, 3.63) is 29.8 Å². The van der Waals surface area contributed by atoms with Crippen molar-refractivity contribution < 1.29 is 9.84 Å². The van der Waals surface area contributed by atoms with Crippen LogP contribution in [0.25, 0.3) is 0 Å². The van der Waals surface area contributed by atoms with Gasteiger partial charge in [0.1, 0.15) is 0 Å². The molecule has 1 aromatic carbocycles. The van der Waals surface area contributed by atoms with Gasteiger partial charge >= 0.3 is 0 Å². The van der Waals surface area contributed by atoms with Crippen molar-refractivity contribution in [2.45, 2.75) is 52.2 Å². The average molecular weight is 335 g/mol. The third kappa shape index (κ3) is 6.08. The summed E-state index contributed by atoms with van der Waals surface area (Å²) >= 11 is 0. The molecule has 1 aliphatic rings. The van der Waals surface area contributed by atoms with E-state index in [-0.39, 0.29) is 6.04 Å². The van der Waals surface area contributed by atoms with Gasteiger partial charge in [-0.3, -0.25) is 0 Å². The quantitative estimate of drug-likeness (QED) is 0.765. The van der Waals surface area contributed by atoms with E-state index >= 15 is 0 Å². The van der Waals surface area contributed by atoms with Crippen LogP contribution in [0.15, 0.2) is 24.3 Å². The molecule has 4 heteroatoms. The first-order valence-corrected chi connectivity index (χ1v) is 9.26. The van der Waals surface area contributed by atoms with E-state index in [0.717, 1.165) is 39.1 Å². The van der Waals surface area contributed by atoms with Gasteiger partial charge in [0.25, 0.3) is 0 Å². The molecule has 1 aromatic rings. The lowest BCUT2D eigenvalue weighted by Crippen LogP contribution is -2.39. The highest BCUT2D eigenvalue weighted by molar-refractivity contribution is 5.48. The van der Waals surface area contributed by atoms with Crippen LogP contribution >= 0.6 is 0 Å². The third-order valence-corrected chi connectivity index (χ3v) is 4.82. The predicted molar refractivity (Wildman–Crippen MR) is 101 cm³/mol. The molecule has 1 heterocycles. The first-order chi connectivity index (χ1) is 11.4. The predicted octanol–water partition coefficient (Wildman–Crippen LogP) is 3.36. The van der Waals surface area contributed by atoms with Crippen LogP contribution < -0.4 is 10.2 Å². The molecule has 1 saturated heterocycles. The molecular weight excluding hydrogens is 300 g/mol. The van der Waals surface area contributed by atoms with Crippen LogP contribution in [0.2, 0.25) is 0 Å². The number of nitrogens with zero attached hydrogens (tertiary/aromatic N) is 1. The molecular formula is C20H34N2O2. The van der Waals surface area contributed by atoms with E-state index in [1.807, 2.05) is 6.92 Å². The first kappa shape index (κ1) is 19.2. The Labute approximate surface area is 147 Å². The fraction of sp³-hybridized carbons (Fsp3) is 0.700. The van der Waals surface area contributed by atoms with Crippen LogP contribution in [0.4, 0.5) is 5.69 Å². The number of rotatable bonds is 8. The smallest absolute Gasteiger partial charge is 0.0743 e. The molecule has 0 amide bonds. The zero-order valence-corrected chi connectivity index (χ0v) is 15.7. The van der Waals surface area contributed by atoms with Gasteiger partial charge in [0.05, 0.1) is 18.8 Å². The molecule has 4 nitrogen and oxygen atoms in total. The summed E-state index contributed by atoms with van der Waals surface area (Å²) in [6, 6.07) is 8.98. The zero-order valence-electron chi connectivity index (χ0n) is 15.7. The number of hydrogen-bond acceptors (Lipinski definition) is 4. The molecule has 136 valence electrons. The second kappa shape index (κ2) is 8.84. The standard InChI is InChI=1S/C20H34N2O2/c1-16(2)9-10-20(4,23)15-21-17(3)18-5-7-19(8-6-18)22-11-13-24-14-12-22/h5-8,16-17,21,23H,9-15H2,1-4H3. The normalized spacial score (nSPS) is 19.3. The van der Waals surface area contributed by atoms with E-state index < -0.39 is 5.60 Å². The van der Waals surface area contributed by atoms with Crippen LogP contribution in [-0.2, 0) is 4.74 Å². The lowest BCUT2D eigenvalue weighted by atomic mass is 9.94. The lowest BCUT2D eigenvalue weighted by molar-refractivity contribution is 0.0430. The molecule has 2 rings (SSSR count). The molecule has 0 saturated carbocycles. The monoisotopic (exact) mass is 334 g/mol. The molecule has 0 bridgehead atoms. The van der Waals surface area contributed by atoms with E-state index in [9.17, 15) is 5.11 Å². The van der Waals surface area contributed by atoms with Crippen LogP contribution in [0, 0.1) is 5.92 Å². The Balaban J connectivity index is 1.84. The fourth-order valence-electron chi connectivity index (χ4n) is 2.97. The van der Waals surface area contributed by atoms with E-state index in [4.69, 9.17) is 4.74 Å². The van der Waals surface area contributed by atoms with Crippen molar-refractivity contribution in [3.8, 4) is 0 Å². The summed E-state index contributed by atoms with van der Waals surface area (Å²) < 4.78 is 5.41. The first-order valence-electron chi connectivity index (χ1n) is 9.26. The van der Waals surface area contributed by atoms with Crippen molar-refractivity contribution >= 4 is 5.69 Å². The van der Waals surface area contributed by atoms with Crippen LogP contribution in [-0.4, -0.2) is 43.6 Å². The fourth-order valence-corrected chi connectivity index (χ4v) is 2.97. The van der Waals surface area contributed by atoms with Gasteiger partial charge in [0, 0.05) is 31.4 Å². The highest BCUT2D eigenvalue weighted by Gasteiger charge is 2.21. The van der Waals surface area contributed by atoms with Gasteiger partial charge in [-0.05, 0) is 50.3 Å².